The van der Waals surface area contributed by atoms with Crippen molar-refractivity contribution >= 4 is 59.2 Å². The molecule has 0 saturated carbocycles. The third kappa shape index (κ3) is 20.0. The zero-order valence-corrected chi connectivity index (χ0v) is 39.2. The number of carbonyl (C=O) groups excluding carboxylic acids is 8. The van der Waals surface area contributed by atoms with E-state index in [0.29, 0.717) is 23.1 Å². The minimum atomic E-state index is -1.62. The highest BCUT2D eigenvalue weighted by molar-refractivity contribution is 5.98. The molecule has 0 radical (unpaired) electrons. The molecule has 0 heterocycles. The number of benzene rings is 3. The number of phenols is 1. The maximum Gasteiger partial charge on any atom is 0.326 e. The molecule has 23 nitrogen and oxygen atoms in total. The number of nitrogens with two attached hydrogens (primary N) is 4. The molecule has 23 heteroatoms. The number of aliphatic imine (C=N–C) groups is 1. The Bertz CT molecular complexity index is 2300. The van der Waals surface area contributed by atoms with Crippen molar-refractivity contribution in [3.8, 4) is 5.75 Å². The molecule has 0 aliphatic carbocycles. The van der Waals surface area contributed by atoms with Crippen LogP contribution < -0.4 is 60.2 Å². The molecule has 3 rings (SSSR count). The summed E-state index contributed by atoms with van der Waals surface area (Å²) in [5.41, 5.74) is 23.9. The van der Waals surface area contributed by atoms with Crippen LogP contribution in [0.1, 0.15) is 56.7 Å². The van der Waals surface area contributed by atoms with Crippen molar-refractivity contribution in [2.24, 2.45) is 33.8 Å². The topological polar surface area (TPSA) is 395 Å². The van der Waals surface area contributed by atoms with Crippen molar-refractivity contribution in [3.05, 3.63) is 102 Å². The summed E-state index contributed by atoms with van der Waals surface area (Å²) in [6.07, 6.45) is -0.362. The minimum absolute atomic E-state index is 0.0238. The first-order chi connectivity index (χ1) is 33.1. The molecule has 70 heavy (non-hydrogen) atoms. The number of phenolic OH excluding ortho intramolecular Hbond substituents is 1. The number of hydrogen-bond donors (Lipinski definition) is 13. The number of aliphatic carboxylic acids is 1. The van der Waals surface area contributed by atoms with Gasteiger partial charge in [-0.25, -0.2) is 4.79 Å². The third-order valence-electron chi connectivity index (χ3n) is 10.6. The molecule has 3 aromatic carbocycles. The van der Waals surface area contributed by atoms with Gasteiger partial charge >= 0.3 is 5.97 Å². The number of rotatable bonds is 28. The molecule has 0 aliphatic heterocycles. The summed E-state index contributed by atoms with van der Waals surface area (Å²) < 4.78 is 0. The second kappa shape index (κ2) is 28.3. The van der Waals surface area contributed by atoms with Crippen molar-refractivity contribution in [1.82, 2.24) is 37.2 Å². The molecule has 0 aliphatic rings. The van der Waals surface area contributed by atoms with Gasteiger partial charge in [0.15, 0.2) is 5.96 Å². The number of nitrogens with one attached hydrogen (secondary N) is 7. The highest BCUT2D eigenvalue weighted by Crippen LogP contribution is 2.13. The van der Waals surface area contributed by atoms with Crippen LogP contribution in [0.3, 0.4) is 0 Å². The first kappa shape index (κ1) is 56.2. The minimum Gasteiger partial charge on any atom is -0.508 e. The van der Waals surface area contributed by atoms with E-state index in [1.165, 1.54) is 19.1 Å². The zero-order valence-electron chi connectivity index (χ0n) is 39.2. The Balaban J connectivity index is 1.71. The van der Waals surface area contributed by atoms with Gasteiger partial charge in [0.2, 0.25) is 47.3 Å². The molecular formula is C47H64N12O11. The average molecular weight is 973 g/mol. The van der Waals surface area contributed by atoms with Gasteiger partial charge in [0.1, 0.15) is 42.0 Å². The molecule has 3 aromatic rings. The molecule has 0 fully saturated rings. The fourth-order valence-corrected chi connectivity index (χ4v) is 6.79. The van der Waals surface area contributed by atoms with E-state index in [0.717, 1.165) is 0 Å². The monoisotopic (exact) mass is 972 g/mol. The summed E-state index contributed by atoms with van der Waals surface area (Å²) in [6, 6.07) is 13.7. The van der Waals surface area contributed by atoms with E-state index >= 15 is 0 Å². The molecule has 378 valence electrons. The Hall–Kier alpha value is -8.08. The lowest BCUT2D eigenvalue weighted by molar-refractivity contribution is -0.142. The van der Waals surface area contributed by atoms with Crippen LogP contribution in [-0.2, 0) is 62.4 Å². The van der Waals surface area contributed by atoms with Crippen LogP contribution in [0.5, 0.6) is 5.75 Å². The summed E-state index contributed by atoms with van der Waals surface area (Å²) in [5, 5.41) is 37.0. The van der Waals surface area contributed by atoms with E-state index < -0.39 is 114 Å². The smallest absolute Gasteiger partial charge is 0.326 e. The number of aromatic hydroxyl groups is 1. The molecule has 7 atom stereocenters. The summed E-state index contributed by atoms with van der Waals surface area (Å²) in [4.78, 5) is 122. The summed E-state index contributed by atoms with van der Waals surface area (Å²) in [6.45, 7) is 4.08. The Morgan fingerprint density at radius 2 is 1.07 bits per heavy atom. The van der Waals surface area contributed by atoms with Crippen molar-refractivity contribution in [2.45, 2.75) is 102 Å². The fraction of sp³-hybridized carbons (Fsp3) is 0.404. The van der Waals surface area contributed by atoms with E-state index in [-0.39, 0.29) is 43.9 Å². The summed E-state index contributed by atoms with van der Waals surface area (Å²) in [7, 11) is 0. The Morgan fingerprint density at radius 3 is 1.60 bits per heavy atom. The van der Waals surface area contributed by atoms with Crippen molar-refractivity contribution in [3.63, 3.8) is 0 Å². The van der Waals surface area contributed by atoms with Gasteiger partial charge in [-0.05, 0) is 54.5 Å². The van der Waals surface area contributed by atoms with Crippen LogP contribution in [-0.4, -0.2) is 125 Å². The van der Waals surface area contributed by atoms with Crippen LogP contribution in [0.15, 0.2) is 89.9 Å². The Morgan fingerprint density at radius 1 is 0.571 bits per heavy atom. The van der Waals surface area contributed by atoms with Gasteiger partial charge in [0.25, 0.3) is 0 Å². The maximum absolute atomic E-state index is 14.0. The van der Waals surface area contributed by atoms with Gasteiger partial charge in [0.05, 0.1) is 19.0 Å². The van der Waals surface area contributed by atoms with Crippen molar-refractivity contribution in [2.75, 3.05) is 13.1 Å². The van der Waals surface area contributed by atoms with E-state index in [1.54, 1.807) is 86.6 Å². The van der Waals surface area contributed by atoms with E-state index in [2.05, 4.69) is 42.2 Å². The summed E-state index contributed by atoms with van der Waals surface area (Å²) >= 11 is 0. The van der Waals surface area contributed by atoms with Gasteiger partial charge in [-0.2, -0.15) is 0 Å². The first-order valence-electron chi connectivity index (χ1n) is 22.4. The van der Waals surface area contributed by atoms with Gasteiger partial charge in [0, 0.05) is 25.8 Å². The summed E-state index contributed by atoms with van der Waals surface area (Å²) in [5.74, 6) is -8.91. The van der Waals surface area contributed by atoms with Gasteiger partial charge in [-0.1, -0.05) is 86.6 Å². The molecule has 0 bridgehead atoms. The van der Waals surface area contributed by atoms with Crippen molar-refractivity contribution in [1.29, 1.82) is 0 Å². The fourth-order valence-electron chi connectivity index (χ4n) is 6.79. The molecule has 17 N–H and O–H groups in total. The lowest BCUT2D eigenvalue weighted by Gasteiger charge is -2.27. The molecule has 8 amide bonds. The lowest BCUT2D eigenvalue weighted by atomic mass is 10.0. The van der Waals surface area contributed by atoms with E-state index in [9.17, 15) is 53.4 Å². The standard InChI is InChI=1S/C47H64N12O11/c1-26(2)39(45(68)54-27(3)40(63)56-35(24-37(49)61)43(66)58-36(46(69)70)23-29-13-8-5-9-14-29)59-44(67)34(21-28-11-6-4-7-12-28)55-38(62)25-53-42(65)33(22-30-16-18-31(60)19-17-30)57-41(64)32(48)15-10-20-52-47(50)51/h4-9,11-14,16-19,26-27,32-36,39,60H,10,15,20-25,48H2,1-3H3,(H2,49,61)(H,53,65)(H,54,68)(H,55,62)(H,56,63)(H,57,64)(H,58,66)(H,59,67)(H,69,70)(H4,50,51,52)/t27-,32-,33-,34-,35-,36-,39-/m0/s1. The van der Waals surface area contributed by atoms with Gasteiger partial charge in [-0.15, -0.1) is 0 Å². The van der Waals surface area contributed by atoms with Gasteiger partial charge < -0.3 is 70.4 Å². The van der Waals surface area contributed by atoms with Gasteiger partial charge in [-0.3, -0.25) is 43.3 Å². The third-order valence-corrected chi connectivity index (χ3v) is 10.6. The Labute approximate surface area is 404 Å². The SMILES string of the molecule is CC(C)[C@H](NC(=O)[C@H](Cc1ccccc1)NC(=O)CNC(=O)[C@H](Cc1ccc(O)cc1)NC(=O)[C@@H](N)CCCN=C(N)N)C(=O)N[C@@H](C)C(=O)N[C@@H](CC(N)=O)C(=O)N[C@@H](Cc1ccccc1)C(=O)O. The molecule has 0 spiro atoms. The van der Waals surface area contributed by atoms with Crippen LogP contribution in [0.2, 0.25) is 0 Å². The second-order valence-electron chi connectivity index (χ2n) is 16.8. The molecular weight excluding hydrogens is 909 g/mol. The number of carboxylic acid groups (broad SMARTS) is 1. The Kier molecular flexibility index (Phi) is 22.7. The second-order valence-corrected chi connectivity index (χ2v) is 16.8. The average Bonchev–Trinajstić information content (AvgIpc) is 3.31. The van der Waals surface area contributed by atoms with E-state index in [1.807, 2.05) is 0 Å². The maximum atomic E-state index is 14.0. The normalized spacial score (nSPS) is 13.8. The first-order valence-corrected chi connectivity index (χ1v) is 22.4. The van der Waals surface area contributed by atoms with Crippen molar-refractivity contribution < 1.29 is 53.4 Å². The number of amides is 8. The molecule has 0 saturated heterocycles. The number of guanidine groups is 1. The number of carbonyl (C=O) groups is 9. The largest absolute Gasteiger partial charge is 0.508 e. The predicted molar refractivity (Wildman–Crippen MR) is 257 cm³/mol. The van der Waals surface area contributed by atoms with Crippen LogP contribution >= 0.6 is 0 Å². The zero-order chi connectivity index (χ0) is 51.9. The van der Waals surface area contributed by atoms with E-state index in [4.69, 9.17) is 22.9 Å². The van der Waals surface area contributed by atoms with Crippen LogP contribution in [0, 0.1) is 5.92 Å². The number of primary amides is 1. The predicted octanol–water partition coefficient (Wildman–Crippen LogP) is -2.54. The number of carboxylic acids is 1. The van der Waals surface area contributed by atoms with Crippen LogP contribution in [0.4, 0.5) is 0 Å². The van der Waals surface area contributed by atoms with Crippen LogP contribution in [0.25, 0.3) is 0 Å². The number of hydrogen-bond acceptors (Lipinski definition) is 12. The molecule has 0 aromatic heterocycles. The highest BCUT2D eigenvalue weighted by Gasteiger charge is 2.33. The lowest BCUT2D eigenvalue weighted by Crippen LogP contribution is -2.60. The number of nitrogens with zero attached hydrogens (tertiary/aromatic N) is 1. The molecule has 0 unspecified atom stereocenters. The quantitative estimate of drug-likeness (QED) is 0.0203. The highest BCUT2D eigenvalue weighted by atomic mass is 16.4.